The molecule has 1 aromatic heterocycles. The number of allylic oxidation sites excluding steroid dienone is 4. The summed E-state index contributed by atoms with van der Waals surface area (Å²) < 4.78 is 23.7. The molecule has 0 saturated carbocycles. The predicted octanol–water partition coefficient (Wildman–Crippen LogP) is 2.05. The van der Waals surface area contributed by atoms with Crippen LogP contribution in [0.1, 0.15) is 25.8 Å². The number of halogens is 2. The van der Waals surface area contributed by atoms with Crippen molar-refractivity contribution in [2.24, 2.45) is 0 Å². The summed E-state index contributed by atoms with van der Waals surface area (Å²) >= 11 is 2.07. The minimum absolute atomic E-state index is 0.0612. The van der Waals surface area contributed by atoms with Crippen LogP contribution in [-0.2, 0) is 11.3 Å². The number of nitrogens with zero attached hydrogens (tertiary/aromatic N) is 3. The van der Waals surface area contributed by atoms with Gasteiger partial charge in [-0.15, -0.1) is 0 Å². The molecule has 43 heavy (non-hydrogen) atoms. The third-order valence-corrected chi connectivity index (χ3v) is 8.20. The summed E-state index contributed by atoms with van der Waals surface area (Å²) in [5.74, 6) is 0.494. The van der Waals surface area contributed by atoms with Crippen LogP contribution in [0.5, 0.6) is 5.75 Å². The molecule has 0 radical (unpaired) electrons. The molecule has 1 aliphatic heterocycles. The van der Waals surface area contributed by atoms with Gasteiger partial charge in [0.15, 0.2) is 6.23 Å². The molecule has 2 heterocycles. The first-order valence-corrected chi connectivity index (χ1v) is 14.6. The summed E-state index contributed by atoms with van der Waals surface area (Å²) in [6, 6.07) is 13.6. The van der Waals surface area contributed by atoms with E-state index in [0.29, 0.717) is 28.3 Å². The van der Waals surface area contributed by atoms with E-state index < -0.39 is 23.6 Å². The monoisotopic (exact) mass is 699 g/mol. The number of alkyl halides is 1. The maximum absolute atomic E-state index is 15.2. The number of rotatable bonds is 7. The highest BCUT2D eigenvalue weighted by molar-refractivity contribution is 14.1. The van der Waals surface area contributed by atoms with Crippen LogP contribution in [0.15, 0.2) is 79.5 Å². The Hall–Kier alpha value is -4.17. The number of benzene rings is 2. The SMILES string of the molecule is COc1ccc(Cn2c(=O)c3c(n(-c4cccc(NC(C)=O)c4)c2=O)=C(C)C(O)N(C)C=3NC2=CC=C(I)CC2F)cc1. The number of aliphatic hydroxyl groups excluding tert-OH is 1. The third-order valence-electron chi connectivity index (χ3n) is 7.40. The van der Waals surface area contributed by atoms with Crippen LogP contribution < -0.4 is 37.2 Å². The Labute approximate surface area is 260 Å². The molecule has 2 atom stereocenters. The first kappa shape index (κ1) is 30.3. The van der Waals surface area contributed by atoms with Crippen LogP contribution >= 0.6 is 22.6 Å². The van der Waals surface area contributed by atoms with E-state index in [1.54, 1.807) is 81.8 Å². The number of hydrogen-bond acceptors (Lipinski definition) is 7. The Morgan fingerprint density at radius 3 is 2.53 bits per heavy atom. The van der Waals surface area contributed by atoms with Gasteiger partial charge in [0.2, 0.25) is 5.91 Å². The van der Waals surface area contributed by atoms with Crippen molar-refractivity contribution in [1.82, 2.24) is 19.4 Å². The van der Waals surface area contributed by atoms with Gasteiger partial charge < -0.3 is 25.4 Å². The van der Waals surface area contributed by atoms with Crippen molar-refractivity contribution in [2.45, 2.75) is 39.2 Å². The Morgan fingerprint density at radius 2 is 1.88 bits per heavy atom. The zero-order valence-corrected chi connectivity index (χ0v) is 26.2. The number of amides is 1. The van der Waals surface area contributed by atoms with E-state index in [1.165, 1.54) is 16.4 Å². The van der Waals surface area contributed by atoms with Gasteiger partial charge >= 0.3 is 5.69 Å². The van der Waals surface area contributed by atoms with Crippen molar-refractivity contribution >= 4 is 45.6 Å². The van der Waals surface area contributed by atoms with Gasteiger partial charge in [0.05, 0.1) is 30.4 Å². The predicted molar refractivity (Wildman–Crippen MR) is 171 cm³/mol. The molecule has 5 rings (SSSR count). The van der Waals surface area contributed by atoms with Crippen LogP contribution in [0.2, 0.25) is 0 Å². The molecule has 10 nitrogen and oxygen atoms in total. The second-order valence-electron chi connectivity index (χ2n) is 10.4. The van der Waals surface area contributed by atoms with Crippen molar-refractivity contribution in [3.63, 3.8) is 0 Å². The largest absolute Gasteiger partial charge is 0.497 e. The van der Waals surface area contributed by atoms with Crippen LogP contribution in [0.4, 0.5) is 10.1 Å². The van der Waals surface area contributed by atoms with Crippen LogP contribution in [0, 0.1) is 0 Å². The van der Waals surface area contributed by atoms with E-state index in [4.69, 9.17) is 4.74 Å². The number of nitrogens with one attached hydrogen (secondary N) is 2. The number of ether oxygens (including phenoxy) is 1. The number of anilines is 1. The maximum Gasteiger partial charge on any atom is 0.336 e. The van der Waals surface area contributed by atoms with Gasteiger partial charge in [-0.2, -0.15) is 0 Å². The molecule has 3 N–H and O–H groups in total. The highest BCUT2D eigenvalue weighted by Gasteiger charge is 2.30. The Bertz CT molecular complexity index is 1910. The van der Waals surface area contributed by atoms with Gasteiger partial charge in [0, 0.05) is 31.7 Å². The fourth-order valence-electron chi connectivity index (χ4n) is 5.21. The molecule has 1 amide bonds. The lowest BCUT2D eigenvalue weighted by atomic mass is 10.1. The minimum atomic E-state index is -1.35. The molecule has 12 heteroatoms. The average molecular weight is 700 g/mol. The second-order valence-corrected chi connectivity index (χ2v) is 11.7. The van der Waals surface area contributed by atoms with E-state index >= 15 is 4.39 Å². The topological polar surface area (TPSA) is 118 Å². The molecular weight excluding hydrogens is 668 g/mol. The lowest BCUT2D eigenvalue weighted by Crippen LogP contribution is -2.64. The molecule has 2 unspecified atom stereocenters. The van der Waals surface area contributed by atoms with E-state index in [9.17, 15) is 19.5 Å². The van der Waals surface area contributed by atoms with Gasteiger partial charge in [-0.05, 0) is 75.1 Å². The minimum Gasteiger partial charge on any atom is -0.497 e. The van der Waals surface area contributed by atoms with Gasteiger partial charge in [0.25, 0.3) is 5.56 Å². The Kier molecular flexibility index (Phi) is 8.60. The highest BCUT2D eigenvalue weighted by Crippen LogP contribution is 2.26. The molecule has 224 valence electrons. The summed E-state index contributed by atoms with van der Waals surface area (Å²) in [5.41, 5.74) is 0.811. The van der Waals surface area contributed by atoms with Crippen molar-refractivity contribution in [3.8, 4) is 11.4 Å². The molecular formula is C31H31FIN5O5. The summed E-state index contributed by atoms with van der Waals surface area (Å²) in [5, 5.41) is 17.4. The number of aromatic nitrogens is 2. The smallest absolute Gasteiger partial charge is 0.336 e. The van der Waals surface area contributed by atoms with E-state index in [1.807, 2.05) is 0 Å². The molecule has 3 aromatic rings. The maximum atomic E-state index is 15.2. The molecule has 0 bridgehead atoms. The number of fused-ring (bicyclic) bond motifs is 1. The number of aliphatic hydroxyl groups is 1. The lowest BCUT2D eigenvalue weighted by Gasteiger charge is -2.34. The number of hydrogen-bond donors (Lipinski definition) is 3. The first-order valence-electron chi connectivity index (χ1n) is 13.5. The standard InChI is InChI=1S/C31H31FIN5O5/c1-17-27-26(28(36(3)29(17)40)35-25-13-10-20(33)14-24(25)32)30(41)37(16-19-8-11-23(43-4)12-9-19)31(42)38(27)22-7-5-6-21(15-22)34-18(2)39/h5-13,15,24,29,35,40H,14,16H2,1-4H3,(H,34,39). The van der Waals surface area contributed by atoms with Gasteiger partial charge in [-0.1, -0.05) is 24.3 Å². The van der Waals surface area contributed by atoms with Crippen molar-refractivity contribution in [2.75, 3.05) is 19.5 Å². The summed E-state index contributed by atoms with van der Waals surface area (Å²) in [6.45, 7) is 2.95. The van der Waals surface area contributed by atoms with Crippen molar-refractivity contribution < 1.29 is 19.0 Å². The van der Waals surface area contributed by atoms with E-state index in [-0.39, 0.29) is 41.0 Å². The summed E-state index contributed by atoms with van der Waals surface area (Å²) in [6.07, 6.45) is 0.986. The fraction of sp³-hybridized carbons (Fsp3) is 0.258. The third kappa shape index (κ3) is 5.89. The second kappa shape index (κ2) is 12.2. The van der Waals surface area contributed by atoms with Gasteiger partial charge in [0.1, 0.15) is 23.0 Å². The first-order chi connectivity index (χ1) is 20.5. The fourth-order valence-corrected chi connectivity index (χ4v) is 5.78. The number of carbonyl (C=O) groups excluding carboxylic acids is 1. The number of carbonyl (C=O) groups is 1. The van der Waals surface area contributed by atoms with Crippen LogP contribution in [-0.4, -0.2) is 51.6 Å². The average Bonchev–Trinajstić information content (AvgIpc) is 2.97. The normalized spacial score (nSPS) is 18.1. The molecule has 2 aromatic carbocycles. The summed E-state index contributed by atoms with van der Waals surface area (Å²) in [7, 11) is 3.14. The molecule has 2 aliphatic rings. The zero-order valence-electron chi connectivity index (χ0n) is 24.0. The van der Waals surface area contributed by atoms with E-state index in [0.717, 1.165) is 8.15 Å². The van der Waals surface area contributed by atoms with Gasteiger partial charge in [-0.25, -0.2) is 9.18 Å². The molecule has 0 fully saturated rings. The molecule has 1 aliphatic carbocycles. The highest BCUT2D eigenvalue weighted by atomic mass is 127. The zero-order chi connectivity index (χ0) is 31.0. The van der Waals surface area contributed by atoms with Crippen LogP contribution in [0.3, 0.4) is 0 Å². The Morgan fingerprint density at radius 1 is 1.16 bits per heavy atom. The Balaban J connectivity index is 1.87. The summed E-state index contributed by atoms with van der Waals surface area (Å²) in [4.78, 5) is 41.8. The molecule has 0 saturated heterocycles. The number of methoxy groups -OCH3 is 1. The van der Waals surface area contributed by atoms with Gasteiger partial charge in [-0.3, -0.25) is 18.7 Å². The van der Waals surface area contributed by atoms with Crippen LogP contribution in [0.25, 0.3) is 17.1 Å². The van der Waals surface area contributed by atoms with E-state index in [2.05, 4.69) is 33.2 Å². The lowest BCUT2D eigenvalue weighted by molar-refractivity contribution is -0.114. The van der Waals surface area contributed by atoms with Crippen molar-refractivity contribution in [1.29, 1.82) is 0 Å². The molecule has 0 spiro atoms. The quantitative estimate of drug-likeness (QED) is 0.324. The van der Waals surface area contributed by atoms with Crippen molar-refractivity contribution in [3.05, 3.63) is 107 Å².